The summed E-state index contributed by atoms with van der Waals surface area (Å²) in [5.41, 5.74) is 4.02. The van der Waals surface area contributed by atoms with Gasteiger partial charge in [0.15, 0.2) is 0 Å². The first-order valence-electron chi connectivity index (χ1n) is 7.27. The summed E-state index contributed by atoms with van der Waals surface area (Å²) in [4.78, 5) is 4.76. The second-order valence-corrected chi connectivity index (χ2v) is 6.50. The number of aromatic nitrogens is 1. The Labute approximate surface area is 122 Å². The standard InChI is InChI=1S/C17H18N2S/c1-3-14(18-7-1)9-13-11-19-16-6-5-12(10-15(13)16)17-4-2-8-20-17/h2,4-6,8,10-11,14,18-19H,1,3,7,9H2/t14-/m0/s1. The molecule has 3 heterocycles. The topological polar surface area (TPSA) is 27.8 Å². The van der Waals surface area contributed by atoms with Gasteiger partial charge in [-0.3, -0.25) is 0 Å². The lowest BCUT2D eigenvalue weighted by molar-refractivity contribution is 0.605. The van der Waals surface area contributed by atoms with Crippen LogP contribution in [0.2, 0.25) is 0 Å². The number of rotatable bonds is 3. The summed E-state index contributed by atoms with van der Waals surface area (Å²) in [6.07, 6.45) is 5.93. The maximum Gasteiger partial charge on any atom is 0.0457 e. The predicted molar refractivity (Wildman–Crippen MR) is 86.3 cm³/mol. The third-order valence-corrected chi connectivity index (χ3v) is 5.12. The van der Waals surface area contributed by atoms with Gasteiger partial charge >= 0.3 is 0 Å². The molecule has 0 radical (unpaired) electrons. The van der Waals surface area contributed by atoms with Crippen molar-refractivity contribution in [2.45, 2.75) is 25.3 Å². The van der Waals surface area contributed by atoms with E-state index in [1.807, 2.05) is 0 Å². The number of nitrogens with one attached hydrogen (secondary N) is 2. The first kappa shape index (κ1) is 12.2. The Morgan fingerprint density at radius 2 is 2.25 bits per heavy atom. The van der Waals surface area contributed by atoms with Crippen LogP contribution in [0.3, 0.4) is 0 Å². The van der Waals surface area contributed by atoms with Crippen molar-refractivity contribution in [3.8, 4) is 10.4 Å². The molecule has 2 N–H and O–H groups in total. The summed E-state index contributed by atoms with van der Waals surface area (Å²) >= 11 is 1.80. The zero-order valence-electron chi connectivity index (χ0n) is 11.4. The van der Waals surface area contributed by atoms with Crippen molar-refractivity contribution >= 4 is 22.2 Å². The van der Waals surface area contributed by atoms with E-state index in [9.17, 15) is 0 Å². The van der Waals surface area contributed by atoms with Crippen LogP contribution in [0.1, 0.15) is 18.4 Å². The Morgan fingerprint density at radius 3 is 3.05 bits per heavy atom. The molecule has 1 saturated heterocycles. The molecule has 20 heavy (non-hydrogen) atoms. The van der Waals surface area contributed by atoms with Crippen LogP contribution in [-0.2, 0) is 6.42 Å². The number of H-pyrrole nitrogens is 1. The van der Waals surface area contributed by atoms with Gasteiger partial charge in [-0.05, 0) is 60.5 Å². The largest absolute Gasteiger partial charge is 0.361 e. The molecule has 1 aromatic carbocycles. The summed E-state index contributed by atoms with van der Waals surface area (Å²) in [7, 11) is 0. The molecule has 0 saturated carbocycles. The molecule has 0 spiro atoms. The fourth-order valence-corrected chi connectivity index (χ4v) is 3.86. The fraction of sp³-hybridized carbons (Fsp3) is 0.294. The minimum absolute atomic E-state index is 0.652. The summed E-state index contributed by atoms with van der Waals surface area (Å²) in [5.74, 6) is 0. The second kappa shape index (κ2) is 5.08. The summed E-state index contributed by atoms with van der Waals surface area (Å²) in [5, 5.41) is 7.11. The number of aromatic amines is 1. The van der Waals surface area contributed by atoms with E-state index in [4.69, 9.17) is 0 Å². The van der Waals surface area contributed by atoms with E-state index in [1.54, 1.807) is 11.3 Å². The lowest BCUT2D eigenvalue weighted by Crippen LogP contribution is -2.23. The van der Waals surface area contributed by atoms with Gasteiger partial charge in [0.2, 0.25) is 0 Å². The van der Waals surface area contributed by atoms with E-state index in [1.165, 1.54) is 46.3 Å². The zero-order chi connectivity index (χ0) is 13.4. The van der Waals surface area contributed by atoms with Crippen LogP contribution in [0.4, 0.5) is 0 Å². The Hall–Kier alpha value is -1.58. The Bertz CT molecular complexity index is 706. The molecule has 1 aliphatic heterocycles. The molecule has 1 atom stereocenters. The predicted octanol–water partition coefficient (Wildman–Crippen LogP) is 4.19. The number of hydrogen-bond donors (Lipinski definition) is 2. The van der Waals surface area contributed by atoms with Gasteiger partial charge in [0.1, 0.15) is 0 Å². The molecule has 0 bridgehead atoms. The van der Waals surface area contributed by atoms with E-state index in [0.717, 1.165) is 6.42 Å². The summed E-state index contributed by atoms with van der Waals surface area (Å²) in [6, 6.07) is 11.7. The minimum atomic E-state index is 0.652. The van der Waals surface area contributed by atoms with E-state index >= 15 is 0 Å². The van der Waals surface area contributed by atoms with Crippen LogP contribution in [0.5, 0.6) is 0 Å². The Kier molecular flexibility index (Phi) is 3.09. The molecule has 2 aromatic heterocycles. The Balaban J connectivity index is 1.72. The van der Waals surface area contributed by atoms with Crippen LogP contribution in [0, 0.1) is 0 Å². The summed E-state index contributed by atoms with van der Waals surface area (Å²) < 4.78 is 0. The van der Waals surface area contributed by atoms with E-state index in [2.05, 4.69) is 52.2 Å². The average Bonchev–Trinajstić information content (AvgIpc) is 3.20. The number of thiophene rings is 1. The van der Waals surface area contributed by atoms with Crippen LogP contribution in [-0.4, -0.2) is 17.6 Å². The van der Waals surface area contributed by atoms with E-state index in [0.29, 0.717) is 6.04 Å². The molecule has 1 aliphatic rings. The molecule has 4 rings (SSSR count). The van der Waals surface area contributed by atoms with Crippen molar-refractivity contribution in [2.24, 2.45) is 0 Å². The maximum absolute atomic E-state index is 3.59. The molecular weight excluding hydrogens is 264 g/mol. The van der Waals surface area contributed by atoms with Gasteiger partial charge < -0.3 is 10.3 Å². The van der Waals surface area contributed by atoms with Crippen molar-refractivity contribution in [3.05, 3.63) is 47.5 Å². The minimum Gasteiger partial charge on any atom is -0.361 e. The van der Waals surface area contributed by atoms with E-state index in [-0.39, 0.29) is 0 Å². The lowest BCUT2D eigenvalue weighted by Gasteiger charge is -2.09. The SMILES string of the molecule is c1csc(-c2ccc3[nH]cc(C[C@@H]4CCCN4)c3c2)c1. The van der Waals surface area contributed by atoms with Crippen LogP contribution < -0.4 is 5.32 Å². The van der Waals surface area contributed by atoms with Gasteiger partial charge in [0.05, 0.1) is 0 Å². The normalized spacial score (nSPS) is 18.9. The van der Waals surface area contributed by atoms with Crippen molar-refractivity contribution in [2.75, 3.05) is 6.54 Å². The second-order valence-electron chi connectivity index (χ2n) is 5.55. The van der Waals surface area contributed by atoms with Crippen molar-refractivity contribution in [1.29, 1.82) is 0 Å². The fourth-order valence-electron chi connectivity index (χ4n) is 3.14. The third-order valence-electron chi connectivity index (χ3n) is 4.20. The highest BCUT2D eigenvalue weighted by molar-refractivity contribution is 7.13. The highest BCUT2D eigenvalue weighted by atomic mass is 32.1. The Morgan fingerprint density at radius 1 is 1.25 bits per heavy atom. The molecule has 0 unspecified atom stereocenters. The number of hydrogen-bond acceptors (Lipinski definition) is 2. The van der Waals surface area contributed by atoms with Crippen LogP contribution in [0.15, 0.2) is 41.9 Å². The van der Waals surface area contributed by atoms with E-state index < -0.39 is 0 Å². The highest BCUT2D eigenvalue weighted by Crippen LogP contribution is 2.30. The van der Waals surface area contributed by atoms with Gasteiger partial charge in [-0.1, -0.05) is 12.1 Å². The third kappa shape index (κ3) is 2.17. The maximum atomic E-state index is 3.59. The average molecular weight is 282 g/mol. The first-order valence-corrected chi connectivity index (χ1v) is 8.15. The van der Waals surface area contributed by atoms with Gasteiger partial charge in [0, 0.05) is 28.0 Å². The smallest absolute Gasteiger partial charge is 0.0457 e. The van der Waals surface area contributed by atoms with Gasteiger partial charge in [0.25, 0.3) is 0 Å². The van der Waals surface area contributed by atoms with Crippen molar-refractivity contribution < 1.29 is 0 Å². The van der Waals surface area contributed by atoms with Crippen LogP contribution >= 0.6 is 11.3 Å². The molecule has 102 valence electrons. The van der Waals surface area contributed by atoms with Crippen molar-refractivity contribution in [3.63, 3.8) is 0 Å². The molecular formula is C17H18N2S. The van der Waals surface area contributed by atoms with Crippen molar-refractivity contribution in [1.82, 2.24) is 10.3 Å². The number of benzene rings is 1. The molecule has 3 aromatic rings. The number of fused-ring (bicyclic) bond motifs is 1. The monoisotopic (exact) mass is 282 g/mol. The molecule has 1 fully saturated rings. The first-order chi connectivity index (χ1) is 9.90. The zero-order valence-corrected chi connectivity index (χ0v) is 12.2. The molecule has 0 aliphatic carbocycles. The van der Waals surface area contributed by atoms with Gasteiger partial charge in [-0.25, -0.2) is 0 Å². The molecule has 0 amide bonds. The lowest BCUT2D eigenvalue weighted by atomic mass is 10.0. The van der Waals surface area contributed by atoms with Crippen LogP contribution in [0.25, 0.3) is 21.3 Å². The van der Waals surface area contributed by atoms with Gasteiger partial charge in [-0.15, -0.1) is 11.3 Å². The highest BCUT2D eigenvalue weighted by Gasteiger charge is 2.16. The van der Waals surface area contributed by atoms with Gasteiger partial charge in [-0.2, -0.15) is 0 Å². The quantitative estimate of drug-likeness (QED) is 0.740. The summed E-state index contributed by atoms with van der Waals surface area (Å²) in [6.45, 7) is 1.17. The molecule has 3 heteroatoms. The molecule has 2 nitrogen and oxygen atoms in total.